The summed E-state index contributed by atoms with van der Waals surface area (Å²) in [5, 5.41) is 0. The molecular weight excluding hydrogens is 255 g/mol. The summed E-state index contributed by atoms with van der Waals surface area (Å²) in [5.74, 6) is -0.143. The van der Waals surface area contributed by atoms with Crippen molar-refractivity contribution in [2.45, 2.75) is 10.6 Å². The Labute approximate surface area is 104 Å². The van der Waals surface area contributed by atoms with Gasteiger partial charge in [0.1, 0.15) is 22.2 Å². The van der Waals surface area contributed by atoms with Crippen LogP contribution in [0.2, 0.25) is 0 Å². The van der Waals surface area contributed by atoms with Gasteiger partial charge in [-0.15, -0.1) is 0 Å². The molecule has 0 spiro atoms. The molecular formula is C13H9FO3S. The van der Waals surface area contributed by atoms with Crippen molar-refractivity contribution < 1.29 is 17.5 Å². The first-order valence-corrected chi connectivity index (χ1v) is 6.99. The number of sulfone groups is 1. The Morgan fingerprint density at radius 3 is 2.67 bits per heavy atom. The van der Waals surface area contributed by atoms with Crippen molar-refractivity contribution in [2.24, 2.45) is 0 Å². The molecule has 0 saturated heterocycles. The van der Waals surface area contributed by atoms with Crippen molar-refractivity contribution in [1.82, 2.24) is 0 Å². The van der Waals surface area contributed by atoms with Gasteiger partial charge in [0.2, 0.25) is 0 Å². The SMILES string of the molecule is O=S1(=O)Cc2ccc(F)cc2Oc2ccccc21. The van der Waals surface area contributed by atoms with E-state index in [-0.39, 0.29) is 22.1 Å². The first kappa shape index (κ1) is 11.2. The van der Waals surface area contributed by atoms with Gasteiger partial charge in [0, 0.05) is 11.6 Å². The van der Waals surface area contributed by atoms with E-state index in [2.05, 4.69) is 0 Å². The van der Waals surface area contributed by atoms with Crippen LogP contribution in [0.5, 0.6) is 11.5 Å². The molecule has 0 radical (unpaired) electrons. The zero-order valence-corrected chi connectivity index (χ0v) is 10.1. The van der Waals surface area contributed by atoms with E-state index in [4.69, 9.17) is 4.74 Å². The van der Waals surface area contributed by atoms with E-state index in [0.29, 0.717) is 5.56 Å². The van der Waals surface area contributed by atoms with Crippen LogP contribution in [0, 0.1) is 5.82 Å². The van der Waals surface area contributed by atoms with Gasteiger partial charge in [-0.3, -0.25) is 0 Å². The fourth-order valence-corrected chi connectivity index (χ4v) is 3.44. The number of rotatable bonds is 0. The number of halogens is 1. The van der Waals surface area contributed by atoms with E-state index < -0.39 is 15.7 Å². The summed E-state index contributed by atoms with van der Waals surface area (Å²) >= 11 is 0. The van der Waals surface area contributed by atoms with Crippen LogP contribution in [0.15, 0.2) is 47.4 Å². The van der Waals surface area contributed by atoms with Crippen LogP contribution in [0.25, 0.3) is 0 Å². The zero-order chi connectivity index (χ0) is 12.8. The van der Waals surface area contributed by atoms with Gasteiger partial charge in [0.15, 0.2) is 9.84 Å². The molecule has 3 nitrogen and oxygen atoms in total. The molecule has 0 bridgehead atoms. The monoisotopic (exact) mass is 264 g/mol. The van der Waals surface area contributed by atoms with Gasteiger partial charge in [-0.05, 0) is 18.2 Å². The number of para-hydroxylation sites is 1. The molecule has 0 N–H and O–H groups in total. The lowest BCUT2D eigenvalue weighted by molar-refractivity contribution is 0.463. The molecule has 0 unspecified atom stereocenters. The lowest BCUT2D eigenvalue weighted by atomic mass is 10.2. The van der Waals surface area contributed by atoms with Crippen molar-refractivity contribution >= 4 is 9.84 Å². The van der Waals surface area contributed by atoms with E-state index >= 15 is 0 Å². The number of hydrogen-bond donors (Lipinski definition) is 0. The Balaban J connectivity index is 2.27. The molecule has 5 heteroatoms. The highest BCUT2D eigenvalue weighted by molar-refractivity contribution is 7.90. The van der Waals surface area contributed by atoms with Crippen LogP contribution < -0.4 is 4.74 Å². The fourth-order valence-electron chi connectivity index (χ4n) is 1.93. The first-order valence-electron chi connectivity index (χ1n) is 5.34. The molecule has 0 aliphatic carbocycles. The van der Waals surface area contributed by atoms with E-state index in [1.807, 2.05) is 0 Å². The molecule has 1 heterocycles. The molecule has 0 fully saturated rings. The van der Waals surface area contributed by atoms with Crippen LogP contribution in [-0.2, 0) is 15.6 Å². The van der Waals surface area contributed by atoms with Crippen LogP contribution in [0.1, 0.15) is 5.56 Å². The Morgan fingerprint density at radius 2 is 1.83 bits per heavy atom. The van der Waals surface area contributed by atoms with Crippen molar-refractivity contribution in [3.63, 3.8) is 0 Å². The molecule has 1 aliphatic heterocycles. The quantitative estimate of drug-likeness (QED) is 0.734. The fraction of sp³-hybridized carbons (Fsp3) is 0.0769. The Morgan fingerprint density at radius 1 is 1.06 bits per heavy atom. The maximum Gasteiger partial charge on any atom is 0.186 e. The van der Waals surface area contributed by atoms with Crippen LogP contribution in [-0.4, -0.2) is 8.42 Å². The third-order valence-electron chi connectivity index (χ3n) is 2.78. The summed E-state index contributed by atoms with van der Waals surface area (Å²) in [5.41, 5.74) is 0.465. The molecule has 0 aromatic heterocycles. The lowest BCUT2D eigenvalue weighted by Crippen LogP contribution is -2.03. The van der Waals surface area contributed by atoms with Gasteiger partial charge in [-0.1, -0.05) is 18.2 Å². The summed E-state index contributed by atoms with van der Waals surface area (Å²) in [6.07, 6.45) is 0. The van der Waals surface area contributed by atoms with Crippen molar-refractivity contribution in [1.29, 1.82) is 0 Å². The molecule has 0 amide bonds. The van der Waals surface area contributed by atoms with Gasteiger partial charge in [0.05, 0.1) is 5.75 Å². The summed E-state index contributed by atoms with van der Waals surface area (Å²) in [6.45, 7) is 0. The molecule has 3 rings (SSSR count). The highest BCUT2D eigenvalue weighted by Gasteiger charge is 2.26. The van der Waals surface area contributed by atoms with E-state index in [1.54, 1.807) is 18.2 Å². The van der Waals surface area contributed by atoms with Crippen molar-refractivity contribution in [3.8, 4) is 11.5 Å². The van der Waals surface area contributed by atoms with Gasteiger partial charge < -0.3 is 4.74 Å². The average Bonchev–Trinajstić information content (AvgIpc) is 2.43. The molecule has 2 aromatic carbocycles. The zero-order valence-electron chi connectivity index (χ0n) is 9.26. The van der Waals surface area contributed by atoms with Crippen LogP contribution in [0.4, 0.5) is 4.39 Å². The van der Waals surface area contributed by atoms with E-state index in [0.717, 1.165) is 0 Å². The number of benzene rings is 2. The second-order valence-electron chi connectivity index (χ2n) is 4.06. The highest BCUT2D eigenvalue weighted by Crippen LogP contribution is 2.37. The van der Waals surface area contributed by atoms with Crippen molar-refractivity contribution in [2.75, 3.05) is 0 Å². The lowest BCUT2D eigenvalue weighted by Gasteiger charge is -2.07. The molecule has 1 aliphatic rings. The number of fused-ring (bicyclic) bond motifs is 2. The predicted octanol–water partition coefficient (Wildman–Crippen LogP) is 2.91. The second-order valence-corrected chi connectivity index (χ2v) is 6.02. The summed E-state index contributed by atoms with van der Waals surface area (Å²) in [6, 6.07) is 10.2. The predicted molar refractivity (Wildman–Crippen MR) is 63.8 cm³/mol. The minimum Gasteiger partial charge on any atom is -0.456 e. The Hall–Kier alpha value is -1.88. The van der Waals surface area contributed by atoms with Gasteiger partial charge >= 0.3 is 0 Å². The summed E-state index contributed by atoms with van der Waals surface area (Å²) < 4.78 is 43.0. The number of ether oxygens (including phenoxy) is 1. The molecule has 2 aromatic rings. The Bertz CT molecular complexity index is 723. The molecule has 92 valence electrons. The third-order valence-corrected chi connectivity index (χ3v) is 4.48. The van der Waals surface area contributed by atoms with Crippen LogP contribution in [0.3, 0.4) is 0 Å². The average molecular weight is 264 g/mol. The maximum atomic E-state index is 13.2. The topological polar surface area (TPSA) is 43.4 Å². The smallest absolute Gasteiger partial charge is 0.186 e. The maximum absolute atomic E-state index is 13.2. The van der Waals surface area contributed by atoms with Gasteiger partial charge in [-0.25, -0.2) is 12.8 Å². The first-order chi connectivity index (χ1) is 8.56. The van der Waals surface area contributed by atoms with Gasteiger partial charge in [0.25, 0.3) is 0 Å². The van der Waals surface area contributed by atoms with E-state index in [9.17, 15) is 12.8 Å². The van der Waals surface area contributed by atoms with Crippen LogP contribution >= 0.6 is 0 Å². The minimum atomic E-state index is -3.45. The second kappa shape index (κ2) is 3.81. The molecule has 0 saturated carbocycles. The standard InChI is InChI=1S/C13H9FO3S/c14-10-6-5-9-8-18(15,16)13-4-2-1-3-11(13)17-12(9)7-10/h1-7H,8H2. The summed E-state index contributed by atoms with van der Waals surface area (Å²) in [4.78, 5) is 0.140. The van der Waals surface area contributed by atoms with Crippen molar-refractivity contribution in [3.05, 3.63) is 53.8 Å². The normalized spacial score (nSPS) is 16.1. The summed E-state index contributed by atoms with van der Waals surface area (Å²) in [7, 11) is -3.45. The van der Waals surface area contributed by atoms with E-state index in [1.165, 1.54) is 24.3 Å². The minimum absolute atomic E-state index is 0.140. The largest absolute Gasteiger partial charge is 0.456 e. The Kier molecular flexibility index (Phi) is 2.38. The number of hydrogen-bond acceptors (Lipinski definition) is 3. The molecule has 0 atom stereocenters. The third kappa shape index (κ3) is 1.76. The van der Waals surface area contributed by atoms with Gasteiger partial charge in [-0.2, -0.15) is 0 Å². The highest BCUT2D eigenvalue weighted by atomic mass is 32.2. The molecule has 18 heavy (non-hydrogen) atoms.